The van der Waals surface area contributed by atoms with Gasteiger partial charge in [-0.3, -0.25) is 4.68 Å². The second-order valence-electron chi connectivity index (χ2n) is 2.95. The van der Waals surface area contributed by atoms with E-state index in [1.165, 1.54) is 0 Å². The van der Waals surface area contributed by atoms with Crippen LogP contribution in [0.15, 0.2) is 0 Å². The Morgan fingerprint density at radius 3 is 2.77 bits per heavy atom. The van der Waals surface area contributed by atoms with Crippen molar-refractivity contribution in [1.29, 1.82) is 5.26 Å². The Labute approximate surface area is 77.2 Å². The molecule has 1 rings (SSSR count). The first-order valence-electron chi connectivity index (χ1n) is 4.16. The summed E-state index contributed by atoms with van der Waals surface area (Å²) in [6.07, 6.45) is 0.611. The number of hydrogen-bond donors (Lipinski definition) is 1. The first-order valence-corrected chi connectivity index (χ1v) is 4.16. The van der Waals surface area contributed by atoms with Gasteiger partial charge in [-0.15, -0.1) is 0 Å². The van der Waals surface area contributed by atoms with Gasteiger partial charge in [-0.05, 0) is 20.3 Å². The molecular weight excluding hydrogens is 166 g/mol. The molecule has 2 N–H and O–H groups in total. The van der Waals surface area contributed by atoms with E-state index in [-0.39, 0.29) is 0 Å². The van der Waals surface area contributed by atoms with Crippen LogP contribution in [0.25, 0.3) is 0 Å². The van der Waals surface area contributed by atoms with Crippen molar-refractivity contribution in [2.24, 2.45) is 5.73 Å². The third-order valence-corrected chi connectivity index (χ3v) is 1.78. The van der Waals surface area contributed by atoms with Crippen molar-refractivity contribution in [2.75, 3.05) is 0 Å². The summed E-state index contributed by atoms with van der Waals surface area (Å²) in [5.41, 5.74) is 5.46. The predicted octanol–water partition coefficient (Wildman–Crippen LogP) is 0.136. The van der Waals surface area contributed by atoms with Crippen LogP contribution in [-0.4, -0.2) is 20.8 Å². The molecule has 0 aliphatic carbocycles. The molecule has 0 amide bonds. The Morgan fingerprint density at radius 1 is 1.62 bits per heavy atom. The lowest BCUT2D eigenvalue weighted by Gasteiger charge is -2.03. The van der Waals surface area contributed by atoms with Crippen LogP contribution in [0.1, 0.15) is 18.1 Å². The van der Waals surface area contributed by atoms with E-state index in [1.54, 1.807) is 4.68 Å². The van der Waals surface area contributed by atoms with Gasteiger partial charge >= 0.3 is 0 Å². The van der Waals surface area contributed by atoms with Gasteiger partial charge in [-0.25, -0.2) is 4.98 Å². The zero-order valence-corrected chi connectivity index (χ0v) is 7.86. The topological polar surface area (TPSA) is 80.5 Å². The molecule has 70 valence electrons. The Morgan fingerprint density at radius 2 is 2.31 bits per heavy atom. The van der Waals surface area contributed by atoms with Crippen molar-refractivity contribution >= 4 is 0 Å². The van der Waals surface area contributed by atoms with Crippen molar-refractivity contribution in [3.8, 4) is 6.07 Å². The third kappa shape index (κ3) is 2.53. The number of aryl methyl sites for hydroxylation is 3. The van der Waals surface area contributed by atoms with Gasteiger partial charge in [-0.1, -0.05) is 0 Å². The molecule has 1 aromatic heterocycles. The molecule has 5 heteroatoms. The summed E-state index contributed by atoms with van der Waals surface area (Å²) in [7, 11) is 0. The SMILES string of the molecule is Cc1nc(C)n(CCC(N)C#N)n1. The minimum atomic E-state index is -0.413. The zero-order valence-electron chi connectivity index (χ0n) is 7.86. The highest BCUT2D eigenvalue weighted by Crippen LogP contribution is 1.98. The smallest absolute Gasteiger partial charge is 0.147 e. The van der Waals surface area contributed by atoms with Crippen molar-refractivity contribution in [3.63, 3.8) is 0 Å². The Hall–Kier alpha value is -1.41. The number of nitrogens with zero attached hydrogens (tertiary/aromatic N) is 4. The molecule has 0 saturated heterocycles. The molecule has 0 bridgehead atoms. The van der Waals surface area contributed by atoms with E-state index in [0.29, 0.717) is 13.0 Å². The van der Waals surface area contributed by atoms with Crippen molar-refractivity contribution in [3.05, 3.63) is 11.6 Å². The van der Waals surface area contributed by atoms with E-state index >= 15 is 0 Å². The second kappa shape index (κ2) is 4.01. The standard InChI is InChI=1S/C8H13N5/c1-6-11-7(2)13(12-6)4-3-8(10)5-9/h8H,3-4,10H2,1-2H3. The fraction of sp³-hybridized carbons (Fsp3) is 0.625. The van der Waals surface area contributed by atoms with Gasteiger partial charge in [0.1, 0.15) is 11.6 Å². The van der Waals surface area contributed by atoms with Crippen molar-refractivity contribution in [1.82, 2.24) is 14.8 Å². The van der Waals surface area contributed by atoms with Gasteiger partial charge in [0.25, 0.3) is 0 Å². The number of nitriles is 1. The molecule has 1 aromatic rings. The Bertz CT molecular complexity index is 322. The Kier molecular flexibility index (Phi) is 2.98. The summed E-state index contributed by atoms with van der Waals surface area (Å²) in [4.78, 5) is 4.14. The molecule has 0 aliphatic heterocycles. The van der Waals surface area contributed by atoms with E-state index in [1.807, 2.05) is 19.9 Å². The zero-order chi connectivity index (χ0) is 9.84. The van der Waals surface area contributed by atoms with E-state index < -0.39 is 6.04 Å². The minimum absolute atomic E-state index is 0.413. The fourth-order valence-electron chi connectivity index (χ4n) is 1.10. The van der Waals surface area contributed by atoms with Crippen LogP contribution in [0.5, 0.6) is 0 Å². The van der Waals surface area contributed by atoms with E-state index in [0.717, 1.165) is 11.6 Å². The molecule has 0 fully saturated rings. The number of nitrogens with two attached hydrogens (primary N) is 1. The highest BCUT2D eigenvalue weighted by atomic mass is 15.3. The Balaban J connectivity index is 2.55. The summed E-state index contributed by atoms with van der Waals surface area (Å²) in [6.45, 7) is 4.38. The number of rotatable bonds is 3. The normalized spacial score (nSPS) is 12.5. The highest BCUT2D eigenvalue weighted by molar-refractivity contribution is 4.90. The molecule has 0 saturated carbocycles. The maximum atomic E-state index is 8.47. The summed E-state index contributed by atoms with van der Waals surface area (Å²) in [5, 5.41) is 12.6. The largest absolute Gasteiger partial charge is 0.316 e. The molecule has 0 aliphatic rings. The number of aromatic nitrogens is 3. The quantitative estimate of drug-likeness (QED) is 0.715. The van der Waals surface area contributed by atoms with Gasteiger partial charge in [0.2, 0.25) is 0 Å². The fourth-order valence-corrected chi connectivity index (χ4v) is 1.10. The van der Waals surface area contributed by atoms with E-state index in [9.17, 15) is 0 Å². The molecule has 5 nitrogen and oxygen atoms in total. The van der Waals surface area contributed by atoms with Gasteiger partial charge in [0, 0.05) is 6.54 Å². The van der Waals surface area contributed by atoms with Crippen molar-refractivity contribution in [2.45, 2.75) is 32.9 Å². The lowest BCUT2D eigenvalue weighted by molar-refractivity contribution is 0.539. The van der Waals surface area contributed by atoms with Gasteiger partial charge in [0.15, 0.2) is 0 Å². The highest BCUT2D eigenvalue weighted by Gasteiger charge is 2.04. The molecular formula is C8H13N5. The summed E-state index contributed by atoms with van der Waals surface area (Å²) >= 11 is 0. The lowest BCUT2D eigenvalue weighted by atomic mass is 10.2. The lowest BCUT2D eigenvalue weighted by Crippen LogP contribution is -2.20. The maximum Gasteiger partial charge on any atom is 0.147 e. The van der Waals surface area contributed by atoms with E-state index in [4.69, 9.17) is 11.0 Å². The van der Waals surface area contributed by atoms with Crippen LogP contribution in [0.2, 0.25) is 0 Å². The molecule has 1 atom stereocenters. The summed E-state index contributed by atoms with van der Waals surface area (Å²) in [5.74, 6) is 1.62. The van der Waals surface area contributed by atoms with Crippen LogP contribution in [-0.2, 0) is 6.54 Å². The molecule has 1 heterocycles. The van der Waals surface area contributed by atoms with Crippen LogP contribution >= 0.6 is 0 Å². The van der Waals surface area contributed by atoms with Crippen LogP contribution in [0, 0.1) is 25.2 Å². The predicted molar refractivity (Wildman–Crippen MR) is 47.7 cm³/mol. The number of hydrogen-bond acceptors (Lipinski definition) is 4. The third-order valence-electron chi connectivity index (χ3n) is 1.78. The molecule has 13 heavy (non-hydrogen) atoms. The summed E-state index contributed by atoms with van der Waals surface area (Å²) in [6, 6.07) is 1.56. The maximum absolute atomic E-state index is 8.47. The summed E-state index contributed by atoms with van der Waals surface area (Å²) < 4.78 is 1.77. The first-order chi connectivity index (χ1) is 6.13. The molecule has 0 aromatic carbocycles. The first kappa shape index (κ1) is 9.68. The van der Waals surface area contributed by atoms with Crippen LogP contribution in [0.4, 0.5) is 0 Å². The molecule has 0 radical (unpaired) electrons. The second-order valence-corrected chi connectivity index (χ2v) is 2.95. The van der Waals surface area contributed by atoms with Crippen LogP contribution < -0.4 is 5.73 Å². The van der Waals surface area contributed by atoms with Crippen LogP contribution in [0.3, 0.4) is 0 Å². The van der Waals surface area contributed by atoms with Gasteiger partial charge < -0.3 is 5.73 Å². The van der Waals surface area contributed by atoms with E-state index in [2.05, 4.69) is 10.1 Å². The average molecular weight is 179 g/mol. The van der Waals surface area contributed by atoms with Crippen molar-refractivity contribution < 1.29 is 0 Å². The minimum Gasteiger partial charge on any atom is -0.316 e. The molecule has 1 unspecified atom stereocenters. The average Bonchev–Trinajstić information content (AvgIpc) is 2.41. The monoisotopic (exact) mass is 179 g/mol. The van der Waals surface area contributed by atoms with Gasteiger partial charge in [0.05, 0.1) is 12.1 Å². The molecule has 0 spiro atoms. The van der Waals surface area contributed by atoms with Gasteiger partial charge in [-0.2, -0.15) is 10.4 Å².